The molecule has 1 aromatic heterocycles. The quantitative estimate of drug-likeness (QED) is 0.516. The van der Waals surface area contributed by atoms with Crippen LogP contribution in [-0.4, -0.2) is 31.8 Å². The maximum absolute atomic E-state index is 12.7. The van der Waals surface area contributed by atoms with Crippen molar-refractivity contribution in [1.82, 2.24) is 14.8 Å². The van der Waals surface area contributed by atoms with Crippen LogP contribution >= 0.6 is 11.8 Å². The van der Waals surface area contributed by atoms with E-state index < -0.39 is 17.1 Å². The summed E-state index contributed by atoms with van der Waals surface area (Å²) in [5, 5.41) is 12.7. The number of benzene rings is 2. The number of hydrogen-bond acceptors (Lipinski definition) is 5. The lowest BCUT2D eigenvalue weighted by Crippen LogP contribution is -2.36. The number of nitrogens with one attached hydrogen (secondary N) is 2. The van der Waals surface area contributed by atoms with E-state index in [2.05, 4.69) is 20.8 Å². The van der Waals surface area contributed by atoms with Crippen LogP contribution in [0.4, 0.5) is 11.4 Å². The lowest BCUT2D eigenvalue weighted by atomic mass is 10.2. The average molecular weight is 367 g/mol. The van der Waals surface area contributed by atoms with Gasteiger partial charge in [-0.05, 0) is 24.3 Å². The molecule has 1 heterocycles. The first-order valence-corrected chi connectivity index (χ1v) is 8.74. The van der Waals surface area contributed by atoms with Crippen molar-refractivity contribution in [2.75, 3.05) is 10.6 Å². The Labute approximate surface area is 154 Å². The summed E-state index contributed by atoms with van der Waals surface area (Å²) in [5.41, 5.74) is 1.24. The van der Waals surface area contributed by atoms with Gasteiger partial charge in [0, 0.05) is 18.4 Å². The van der Waals surface area contributed by atoms with Crippen LogP contribution in [0.5, 0.6) is 0 Å². The van der Waals surface area contributed by atoms with Gasteiger partial charge in [-0.3, -0.25) is 9.59 Å². The summed E-state index contributed by atoms with van der Waals surface area (Å²) in [4.78, 5) is 25.5. The molecule has 0 atom stereocenters. The molecule has 3 rings (SSSR count). The van der Waals surface area contributed by atoms with E-state index in [1.165, 1.54) is 6.33 Å². The molecule has 0 aliphatic carbocycles. The van der Waals surface area contributed by atoms with Crippen LogP contribution in [0, 0.1) is 0 Å². The summed E-state index contributed by atoms with van der Waals surface area (Å²) in [7, 11) is 1.75. The highest BCUT2D eigenvalue weighted by Gasteiger charge is 2.30. The number of carbonyl (C=O) groups excluding carboxylic acids is 2. The number of carbonyl (C=O) groups is 2. The van der Waals surface area contributed by atoms with Crippen molar-refractivity contribution < 1.29 is 9.59 Å². The molecular weight excluding hydrogens is 350 g/mol. The summed E-state index contributed by atoms with van der Waals surface area (Å²) >= 11 is 1.04. The van der Waals surface area contributed by atoms with Crippen molar-refractivity contribution >= 4 is 35.0 Å². The van der Waals surface area contributed by atoms with E-state index in [9.17, 15) is 9.59 Å². The van der Waals surface area contributed by atoms with Gasteiger partial charge in [-0.2, -0.15) is 0 Å². The van der Waals surface area contributed by atoms with Gasteiger partial charge in [0.15, 0.2) is 10.4 Å². The fourth-order valence-corrected chi connectivity index (χ4v) is 3.02. The standard InChI is InChI=1S/C18H17N5O2S/c1-23-12-19-22-18(23)26-15(16(24)20-13-8-4-2-5-9-13)17(25)21-14-10-6-3-7-11-14/h2-12,15H,1H3,(H,20,24)(H,21,25). The maximum Gasteiger partial charge on any atom is 0.247 e. The smallest absolute Gasteiger partial charge is 0.247 e. The van der Waals surface area contributed by atoms with Crippen molar-refractivity contribution in [3.63, 3.8) is 0 Å². The van der Waals surface area contributed by atoms with E-state index in [0.29, 0.717) is 16.5 Å². The van der Waals surface area contributed by atoms with E-state index >= 15 is 0 Å². The number of rotatable bonds is 6. The van der Waals surface area contributed by atoms with Gasteiger partial charge < -0.3 is 15.2 Å². The molecule has 0 bridgehead atoms. The van der Waals surface area contributed by atoms with Crippen LogP contribution in [0.1, 0.15) is 0 Å². The van der Waals surface area contributed by atoms with Crippen molar-refractivity contribution in [3.8, 4) is 0 Å². The molecule has 2 amide bonds. The normalized spacial score (nSPS) is 10.5. The first-order chi connectivity index (χ1) is 12.6. The molecule has 132 valence electrons. The molecule has 2 aromatic carbocycles. The Morgan fingerprint density at radius 1 is 0.923 bits per heavy atom. The molecule has 0 fully saturated rings. The summed E-state index contributed by atoms with van der Waals surface area (Å²) < 4.78 is 1.66. The molecule has 0 radical (unpaired) electrons. The van der Waals surface area contributed by atoms with Gasteiger partial charge in [0.2, 0.25) is 11.8 Å². The Kier molecular flexibility index (Phi) is 5.65. The number of thioether (sulfide) groups is 1. The minimum atomic E-state index is -1.03. The van der Waals surface area contributed by atoms with E-state index in [-0.39, 0.29) is 0 Å². The minimum Gasteiger partial charge on any atom is -0.325 e. The third-order valence-corrected chi connectivity index (χ3v) is 4.70. The second-order valence-corrected chi connectivity index (χ2v) is 6.51. The molecule has 3 aromatic rings. The Balaban J connectivity index is 1.79. The Hall–Kier alpha value is -3.13. The van der Waals surface area contributed by atoms with Crippen LogP contribution in [-0.2, 0) is 16.6 Å². The van der Waals surface area contributed by atoms with Gasteiger partial charge in [0.1, 0.15) is 6.33 Å². The van der Waals surface area contributed by atoms with Crippen molar-refractivity contribution in [1.29, 1.82) is 0 Å². The molecule has 8 heteroatoms. The molecule has 0 aliphatic rings. The minimum absolute atomic E-state index is 0.433. The molecule has 0 unspecified atom stereocenters. The largest absolute Gasteiger partial charge is 0.325 e. The van der Waals surface area contributed by atoms with Crippen LogP contribution in [0.15, 0.2) is 72.1 Å². The van der Waals surface area contributed by atoms with Crippen molar-refractivity contribution in [2.45, 2.75) is 10.4 Å². The first kappa shape index (κ1) is 17.7. The van der Waals surface area contributed by atoms with E-state index in [4.69, 9.17) is 0 Å². The third-order valence-electron chi connectivity index (χ3n) is 3.45. The third kappa shape index (κ3) is 4.48. The van der Waals surface area contributed by atoms with E-state index in [0.717, 1.165) is 11.8 Å². The SMILES string of the molecule is Cn1cnnc1SC(C(=O)Nc1ccccc1)C(=O)Nc1ccccc1. The molecule has 0 saturated carbocycles. The highest BCUT2D eigenvalue weighted by Crippen LogP contribution is 2.23. The van der Waals surface area contributed by atoms with Gasteiger partial charge in [-0.15, -0.1) is 10.2 Å². The monoisotopic (exact) mass is 367 g/mol. The molecule has 0 saturated heterocycles. The number of hydrogen-bond donors (Lipinski definition) is 2. The summed E-state index contributed by atoms with van der Waals surface area (Å²) in [6.07, 6.45) is 1.52. The number of aromatic nitrogens is 3. The second kappa shape index (κ2) is 8.30. The van der Waals surface area contributed by atoms with Crippen molar-refractivity contribution in [2.24, 2.45) is 7.05 Å². The molecule has 0 aliphatic heterocycles. The van der Waals surface area contributed by atoms with Crippen LogP contribution in [0.2, 0.25) is 0 Å². The Morgan fingerprint density at radius 3 is 1.85 bits per heavy atom. The number of amides is 2. The number of nitrogens with zero attached hydrogens (tertiary/aromatic N) is 3. The predicted molar refractivity (Wildman–Crippen MR) is 101 cm³/mol. The number of para-hydroxylation sites is 2. The molecule has 2 N–H and O–H groups in total. The molecule has 26 heavy (non-hydrogen) atoms. The lowest BCUT2D eigenvalue weighted by molar-refractivity contribution is -0.123. The summed E-state index contributed by atoms with van der Waals surface area (Å²) in [5.74, 6) is -0.865. The molecule has 0 spiro atoms. The maximum atomic E-state index is 12.7. The Morgan fingerprint density at radius 2 is 1.42 bits per heavy atom. The van der Waals surface area contributed by atoms with E-state index in [1.54, 1.807) is 35.9 Å². The van der Waals surface area contributed by atoms with Crippen molar-refractivity contribution in [3.05, 3.63) is 67.0 Å². The first-order valence-electron chi connectivity index (χ1n) is 7.86. The summed E-state index contributed by atoms with van der Waals surface area (Å²) in [6.45, 7) is 0. The fraction of sp³-hybridized carbons (Fsp3) is 0.111. The van der Waals surface area contributed by atoms with Crippen LogP contribution in [0.3, 0.4) is 0 Å². The topological polar surface area (TPSA) is 88.9 Å². The highest BCUT2D eigenvalue weighted by atomic mass is 32.2. The lowest BCUT2D eigenvalue weighted by Gasteiger charge is -2.16. The molecular formula is C18H17N5O2S. The van der Waals surface area contributed by atoms with Crippen LogP contribution < -0.4 is 10.6 Å². The number of anilines is 2. The van der Waals surface area contributed by atoms with E-state index in [1.807, 2.05) is 36.4 Å². The fourth-order valence-electron chi connectivity index (χ4n) is 2.17. The number of aryl methyl sites for hydroxylation is 1. The second-order valence-electron chi connectivity index (χ2n) is 5.43. The molecule has 7 nitrogen and oxygen atoms in total. The van der Waals surface area contributed by atoms with Gasteiger partial charge in [-0.25, -0.2) is 0 Å². The zero-order valence-corrected chi connectivity index (χ0v) is 14.8. The van der Waals surface area contributed by atoms with Gasteiger partial charge in [0.05, 0.1) is 0 Å². The predicted octanol–water partition coefficient (Wildman–Crippen LogP) is 2.55. The van der Waals surface area contributed by atoms with Gasteiger partial charge >= 0.3 is 0 Å². The summed E-state index contributed by atoms with van der Waals surface area (Å²) in [6, 6.07) is 18.0. The zero-order chi connectivity index (χ0) is 18.4. The van der Waals surface area contributed by atoms with Gasteiger partial charge in [0.25, 0.3) is 0 Å². The highest BCUT2D eigenvalue weighted by molar-refractivity contribution is 8.01. The van der Waals surface area contributed by atoms with Gasteiger partial charge in [-0.1, -0.05) is 48.2 Å². The zero-order valence-electron chi connectivity index (χ0n) is 14.0. The average Bonchev–Trinajstić information content (AvgIpc) is 3.06. The van der Waals surface area contributed by atoms with Crippen LogP contribution in [0.25, 0.3) is 0 Å². The Bertz CT molecular complexity index is 829.